The lowest BCUT2D eigenvalue weighted by atomic mass is 10.0. The van der Waals surface area contributed by atoms with Gasteiger partial charge < -0.3 is 14.6 Å². The van der Waals surface area contributed by atoms with Crippen LogP contribution in [-0.2, 0) is 17.6 Å². The van der Waals surface area contributed by atoms with Crippen LogP contribution in [0.5, 0.6) is 11.5 Å². The van der Waals surface area contributed by atoms with Crippen LogP contribution < -0.4 is 9.47 Å². The molecule has 1 heterocycles. The van der Waals surface area contributed by atoms with Crippen LogP contribution in [0, 0.1) is 0 Å². The van der Waals surface area contributed by atoms with Gasteiger partial charge in [-0.15, -0.1) is 0 Å². The molecule has 0 aliphatic carbocycles. The molecule has 0 saturated carbocycles. The zero-order valence-electron chi connectivity index (χ0n) is 9.86. The first-order chi connectivity index (χ1) is 8.20. The van der Waals surface area contributed by atoms with Gasteiger partial charge in [0.2, 0.25) is 0 Å². The number of methoxy groups -OCH3 is 1. The number of hydrogen-bond acceptors (Lipinski definition) is 3. The van der Waals surface area contributed by atoms with E-state index in [1.165, 1.54) is 5.56 Å². The van der Waals surface area contributed by atoms with Crippen molar-refractivity contribution in [3.8, 4) is 11.5 Å². The van der Waals surface area contributed by atoms with Crippen molar-refractivity contribution in [1.82, 2.24) is 0 Å². The first-order valence-electron chi connectivity index (χ1n) is 5.75. The molecule has 1 aliphatic rings. The fourth-order valence-electron chi connectivity index (χ4n) is 2.06. The molecule has 0 atom stereocenters. The summed E-state index contributed by atoms with van der Waals surface area (Å²) in [4.78, 5) is 10.5. The number of aliphatic carboxylic acids is 1. The molecule has 1 aromatic rings. The SMILES string of the molecule is COc1cc2c(cc1CCCC(=O)O)OCC2. The van der Waals surface area contributed by atoms with Crippen LogP contribution in [0.2, 0.25) is 0 Å². The number of carbonyl (C=O) groups is 1. The summed E-state index contributed by atoms with van der Waals surface area (Å²) in [5.74, 6) is 0.983. The van der Waals surface area contributed by atoms with Gasteiger partial charge in [-0.25, -0.2) is 0 Å². The van der Waals surface area contributed by atoms with Crippen molar-refractivity contribution in [2.45, 2.75) is 25.7 Å². The lowest BCUT2D eigenvalue weighted by molar-refractivity contribution is -0.137. The number of rotatable bonds is 5. The third-order valence-electron chi connectivity index (χ3n) is 2.93. The minimum Gasteiger partial charge on any atom is -0.496 e. The van der Waals surface area contributed by atoms with E-state index in [9.17, 15) is 4.79 Å². The molecule has 0 unspecified atom stereocenters. The van der Waals surface area contributed by atoms with E-state index >= 15 is 0 Å². The number of aryl methyl sites for hydroxylation is 1. The summed E-state index contributed by atoms with van der Waals surface area (Å²) >= 11 is 0. The maximum atomic E-state index is 10.5. The summed E-state index contributed by atoms with van der Waals surface area (Å²) in [7, 11) is 1.64. The molecule has 0 bridgehead atoms. The average molecular weight is 236 g/mol. The highest BCUT2D eigenvalue weighted by Crippen LogP contribution is 2.33. The highest BCUT2D eigenvalue weighted by molar-refractivity contribution is 5.66. The van der Waals surface area contributed by atoms with Gasteiger partial charge in [0.05, 0.1) is 13.7 Å². The van der Waals surface area contributed by atoms with Crippen LogP contribution in [0.1, 0.15) is 24.0 Å². The topological polar surface area (TPSA) is 55.8 Å². The molecule has 1 N–H and O–H groups in total. The van der Waals surface area contributed by atoms with Crippen molar-refractivity contribution in [2.24, 2.45) is 0 Å². The van der Waals surface area contributed by atoms with Crippen LogP contribution in [0.15, 0.2) is 12.1 Å². The summed E-state index contributed by atoms with van der Waals surface area (Å²) in [5, 5.41) is 8.62. The summed E-state index contributed by atoms with van der Waals surface area (Å²) < 4.78 is 10.8. The van der Waals surface area contributed by atoms with Gasteiger partial charge >= 0.3 is 5.97 Å². The van der Waals surface area contributed by atoms with Gasteiger partial charge in [0.1, 0.15) is 11.5 Å². The normalized spacial score (nSPS) is 13.0. The van der Waals surface area contributed by atoms with Gasteiger partial charge in [-0.3, -0.25) is 4.79 Å². The maximum Gasteiger partial charge on any atom is 0.303 e. The second-order valence-corrected chi connectivity index (χ2v) is 4.12. The summed E-state index contributed by atoms with van der Waals surface area (Å²) in [6.07, 6.45) is 2.42. The van der Waals surface area contributed by atoms with Crippen LogP contribution in [-0.4, -0.2) is 24.8 Å². The van der Waals surface area contributed by atoms with Gasteiger partial charge in [-0.2, -0.15) is 0 Å². The Morgan fingerprint density at radius 1 is 1.53 bits per heavy atom. The average Bonchev–Trinajstić information content (AvgIpc) is 2.74. The third kappa shape index (κ3) is 2.70. The van der Waals surface area contributed by atoms with Gasteiger partial charge in [0.25, 0.3) is 0 Å². The second kappa shape index (κ2) is 5.08. The number of carboxylic acids is 1. The van der Waals surface area contributed by atoms with Gasteiger partial charge in [0.15, 0.2) is 0 Å². The van der Waals surface area contributed by atoms with Crippen LogP contribution in [0.3, 0.4) is 0 Å². The molecule has 1 aromatic carbocycles. The molecule has 1 aliphatic heterocycles. The lowest BCUT2D eigenvalue weighted by Gasteiger charge is -2.10. The van der Waals surface area contributed by atoms with E-state index in [0.29, 0.717) is 12.8 Å². The molecule has 0 spiro atoms. The van der Waals surface area contributed by atoms with Crippen molar-refractivity contribution >= 4 is 5.97 Å². The zero-order chi connectivity index (χ0) is 12.3. The largest absolute Gasteiger partial charge is 0.496 e. The predicted molar refractivity (Wildman–Crippen MR) is 62.8 cm³/mol. The standard InChI is InChI=1S/C13H16O4/c1-16-11-7-10-5-6-17-12(10)8-9(11)3-2-4-13(14)15/h7-8H,2-6H2,1H3,(H,14,15). The minimum absolute atomic E-state index is 0.182. The van der Waals surface area contributed by atoms with Crippen molar-refractivity contribution in [1.29, 1.82) is 0 Å². The number of benzene rings is 1. The summed E-state index contributed by atoms with van der Waals surface area (Å²) in [6, 6.07) is 3.97. The second-order valence-electron chi connectivity index (χ2n) is 4.12. The molecule has 0 fully saturated rings. The van der Waals surface area contributed by atoms with Crippen molar-refractivity contribution < 1.29 is 19.4 Å². The predicted octanol–water partition coefficient (Wildman–Crippen LogP) is 2.04. The molecular weight excluding hydrogens is 220 g/mol. The van der Waals surface area contributed by atoms with E-state index in [4.69, 9.17) is 14.6 Å². The lowest BCUT2D eigenvalue weighted by Crippen LogP contribution is -1.98. The van der Waals surface area contributed by atoms with Crippen LogP contribution in [0.25, 0.3) is 0 Å². The number of ether oxygens (including phenoxy) is 2. The Bertz CT molecular complexity index is 426. The molecule has 17 heavy (non-hydrogen) atoms. The fourth-order valence-corrected chi connectivity index (χ4v) is 2.06. The molecule has 0 aromatic heterocycles. The van der Waals surface area contributed by atoms with Crippen LogP contribution in [0.4, 0.5) is 0 Å². The Labute approximate surface area is 100 Å². The molecule has 92 valence electrons. The van der Waals surface area contributed by atoms with Crippen molar-refractivity contribution in [3.63, 3.8) is 0 Å². The summed E-state index contributed by atoms with van der Waals surface area (Å²) in [6.45, 7) is 0.719. The Balaban J connectivity index is 2.12. The molecule has 0 saturated heterocycles. The Morgan fingerprint density at radius 2 is 2.35 bits per heavy atom. The number of carboxylic acid groups (broad SMARTS) is 1. The molecule has 4 heteroatoms. The first kappa shape index (κ1) is 11.8. The monoisotopic (exact) mass is 236 g/mol. The van der Waals surface area contributed by atoms with E-state index in [1.807, 2.05) is 12.1 Å². The van der Waals surface area contributed by atoms with E-state index in [0.717, 1.165) is 30.1 Å². The van der Waals surface area contributed by atoms with Crippen molar-refractivity contribution in [3.05, 3.63) is 23.3 Å². The van der Waals surface area contributed by atoms with E-state index in [-0.39, 0.29) is 6.42 Å². The van der Waals surface area contributed by atoms with Gasteiger partial charge in [0, 0.05) is 18.4 Å². The Morgan fingerprint density at radius 3 is 3.06 bits per heavy atom. The Hall–Kier alpha value is -1.71. The molecule has 0 radical (unpaired) electrons. The molecule has 4 nitrogen and oxygen atoms in total. The quantitative estimate of drug-likeness (QED) is 0.850. The third-order valence-corrected chi connectivity index (χ3v) is 2.93. The zero-order valence-corrected chi connectivity index (χ0v) is 9.86. The van der Waals surface area contributed by atoms with E-state index in [2.05, 4.69) is 0 Å². The molecule has 0 amide bonds. The Kier molecular flexibility index (Phi) is 3.52. The number of fused-ring (bicyclic) bond motifs is 1. The number of hydrogen-bond donors (Lipinski definition) is 1. The van der Waals surface area contributed by atoms with Crippen LogP contribution >= 0.6 is 0 Å². The van der Waals surface area contributed by atoms with E-state index < -0.39 is 5.97 Å². The molecular formula is C13H16O4. The highest BCUT2D eigenvalue weighted by Gasteiger charge is 2.16. The maximum absolute atomic E-state index is 10.5. The van der Waals surface area contributed by atoms with Crippen molar-refractivity contribution in [2.75, 3.05) is 13.7 Å². The minimum atomic E-state index is -0.763. The first-order valence-corrected chi connectivity index (χ1v) is 5.75. The van der Waals surface area contributed by atoms with Gasteiger partial charge in [-0.1, -0.05) is 0 Å². The summed E-state index contributed by atoms with van der Waals surface area (Å²) in [5.41, 5.74) is 2.19. The molecule has 2 rings (SSSR count). The van der Waals surface area contributed by atoms with E-state index in [1.54, 1.807) is 7.11 Å². The smallest absolute Gasteiger partial charge is 0.303 e. The fraction of sp³-hybridized carbons (Fsp3) is 0.462. The highest BCUT2D eigenvalue weighted by atomic mass is 16.5. The van der Waals surface area contributed by atoms with Gasteiger partial charge in [-0.05, 0) is 30.5 Å².